The Hall–Kier alpha value is -1.72. The topological polar surface area (TPSA) is 53.4 Å². The number of carboxylic acids is 1. The van der Waals surface area contributed by atoms with Crippen molar-refractivity contribution < 1.29 is 18.7 Å². The molecule has 0 atom stereocenters. The molecule has 0 unspecified atom stereocenters. The van der Waals surface area contributed by atoms with Gasteiger partial charge in [-0.1, -0.05) is 6.07 Å². The van der Waals surface area contributed by atoms with E-state index in [1.165, 1.54) is 6.20 Å². The summed E-state index contributed by atoms with van der Waals surface area (Å²) >= 11 is 0. The van der Waals surface area contributed by atoms with Crippen molar-refractivity contribution in [1.82, 2.24) is 4.98 Å². The number of aromatic nitrogens is 1. The predicted octanol–water partition coefficient (Wildman–Crippen LogP) is 2.25. The molecule has 1 N–H and O–H groups in total. The molecule has 1 aromatic rings. The lowest BCUT2D eigenvalue weighted by molar-refractivity contribution is -0.136. The standard InChI is InChI=1S/C13H16F2N2O2/c1-9-6-10(7-11(18)19)8-16-12(9)17-4-2-13(14,15)3-5-17/h6,8H,2-5,7H2,1H3,(H,18,19). The van der Waals surface area contributed by atoms with E-state index in [0.29, 0.717) is 11.4 Å². The Kier molecular flexibility index (Phi) is 3.68. The highest BCUT2D eigenvalue weighted by atomic mass is 19.3. The van der Waals surface area contributed by atoms with Gasteiger partial charge in [-0.05, 0) is 18.1 Å². The maximum absolute atomic E-state index is 13.1. The van der Waals surface area contributed by atoms with Gasteiger partial charge in [-0.15, -0.1) is 0 Å². The minimum atomic E-state index is -2.58. The lowest BCUT2D eigenvalue weighted by Crippen LogP contribution is -2.40. The fraction of sp³-hybridized carbons (Fsp3) is 0.538. The van der Waals surface area contributed by atoms with E-state index >= 15 is 0 Å². The number of aliphatic carboxylic acids is 1. The summed E-state index contributed by atoms with van der Waals surface area (Å²) < 4.78 is 26.2. The van der Waals surface area contributed by atoms with Crippen LogP contribution in [0.1, 0.15) is 24.0 Å². The first-order valence-electron chi connectivity index (χ1n) is 6.17. The van der Waals surface area contributed by atoms with Crippen molar-refractivity contribution in [3.05, 3.63) is 23.4 Å². The number of nitrogens with zero attached hydrogens (tertiary/aromatic N) is 2. The van der Waals surface area contributed by atoms with E-state index in [2.05, 4.69) is 4.98 Å². The second-order valence-corrected chi connectivity index (χ2v) is 4.90. The number of hydrogen-bond acceptors (Lipinski definition) is 3. The van der Waals surface area contributed by atoms with Gasteiger partial charge in [-0.3, -0.25) is 4.79 Å². The summed E-state index contributed by atoms with van der Waals surface area (Å²) in [6.45, 7) is 2.37. The van der Waals surface area contributed by atoms with Gasteiger partial charge in [0, 0.05) is 32.1 Å². The molecule has 0 bridgehead atoms. The number of anilines is 1. The van der Waals surface area contributed by atoms with Crippen molar-refractivity contribution in [2.75, 3.05) is 18.0 Å². The third-order valence-electron chi connectivity index (χ3n) is 3.26. The van der Waals surface area contributed by atoms with E-state index in [4.69, 9.17) is 5.11 Å². The molecule has 2 rings (SSSR count). The molecule has 1 aliphatic rings. The van der Waals surface area contributed by atoms with Crippen LogP contribution in [0, 0.1) is 6.92 Å². The van der Waals surface area contributed by atoms with Gasteiger partial charge in [-0.25, -0.2) is 13.8 Å². The molecule has 0 saturated carbocycles. The minimum Gasteiger partial charge on any atom is -0.481 e. The molecule has 0 aliphatic carbocycles. The highest BCUT2D eigenvalue weighted by molar-refractivity contribution is 5.70. The number of carbonyl (C=O) groups is 1. The fourth-order valence-electron chi connectivity index (χ4n) is 2.27. The molecule has 104 valence electrons. The van der Waals surface area contributed by atoms with Gasteiger partial charge >= 0.3 is 5.97 Å². The maximum atomic E-state index is 13.1. The van der Waals surface area contributed by atoms with E-state index in [9.17, 15) is 13.6 Å². The molecule has 0 aromatic carbocycles. The first-order chi connectivity index (χ1) is 8.87. The van der Waals surface area contributed by atoms with Crippen molar-refractivity contribution in [1.29, 1.82) is 0 Å². The molecule has 19 heavy (non-hydrogen) atoms. The Morgan fingerprint density at radius 1 is 1.47 bits per heavy atom. The summed E-state index contributed by atoms with van der Waals surface area (Å²) in [5, 5.41) is 8.71. The Balaban J connectivity index is 2.11. The number of aryl methyl sites for hydroxylation is 1. The second kappa shape index (κ2) is 5.11. The highest BCUT2D eigenvalue weighted by Crippen LogP contribution is 2.30. The molecule has 0 radical (unpaired) electrons. The van der Waals surface area contributed by atoms with E-state index in [1.54, 1.807) is 6.07 Å². The van der Waals surface area contributed by atoms with Crippen molar-refractivity contribution in [3.8, 4) is 0 Å². The zero-order chi connectivity index (χ0) is 14.0. The number of pyridine rings is 1. The fourth-order valence-corrected chi connectivity index (χ4v) is 2.27. The van der Waals surface area contributed by atoms with Crippen LogP contribution in [0.4, 0.5) is 14.6 Å². The zero-order valence-electron chi connectivity index (χ0n) is 10.7. The van der Waals surface area contributed by atoms with Crippen LogP contribution in [0.5, 0.6) is 0 Å². The van der Waals surface area contributed by atoms with Gasteiger partial charge in [-0.2, -0.15) is 0 Å². The van der Waals surface area contributed by atoms with Crippen LogP contribution in [0.3, 0.4) is 0 Å². The molecule has 0 amide bonds. The third-order valence-corrected chi connectivity index (χ3v) is 3.26. The second-order valence-electron chi connectivity index (χ2n) is 4.90. The zero-order valence-corrected chi connectivity index (χ0v) is 10.7. The van der Waals surface area contributed by atoms with Crippen LogP contribution in [0.15, 0.2) is 12.3 Å². The van der Waals surface area contributed by atoms with Gasteiger partial charge in [0.2, 0.25) is 0 Å². The summed E-state index contributed by atoms with van der Waals surface area (Å²) in [6.07, 6.45) is 1.10. The number of carboxylic acid groups (broad SMARTS) is 1. The maximum Gasteiger partial charge on any atom is 0.307 e. The van der Waals surface area contributed by atoms with E-state index < -0.39 is 11.9 Å². The summed E-state index contributed by atoms with van der Waals surface area (Å²) in [6, 6.07) is 1.75. The monoisotopic (exact) mass is 270 g/mol. The molecule has 1 fully saturated rings. The van der Waals surface area contributed by atoms with Gasteiger partial charge in [0.25, 0.3) is 5.92 Å². The van der Waals surface area contributed by atoms with E-state index in [0.717, 1.165) is 5.56 Å². The molecular weight excluding hydrogens is 254 g/mol. The Morgan fingerprint density at radius 2 is 2.11 bits per heavy atom. The van der Waals surface area contributed by atoms with Crippen LogP contribution in [0.25, 0.3) is 0 Å². The minimum absolute atomic E-state index is 0.0772. The Morgan fingerprint density at radius 3 is 2.63 bits per heavy atom. The van der Waals surface area contributed by atoms with Gasteiger partial charge in [0.1, 0.15) is 5.82 Å². The first-order valence-corrected chi connectivity index (χ1v) is 6.17. The Labute approximate surface area is 110 Å². The van der Waals surface area contributed by atoms with Crippen molar-refractivity contribution in [3.63, 3.8) is 0 Å². The normalized spacial score (nSPS) is 18.4. The lowest BCUT2D eigenvalue weighted by Gasteiger charge is -2.33. The Bertz CT molecular complexity index is 482. The molecular formula is C13H16F2N2O2. The molecule has 1 aromatic heterocycles. The van der Waals surface area contributed by atoms with E-state index in [-0.39, 0.29) is 32.4 Å². The quantitative estimate of drug-likeness (QED) is 0.915. The van der Waals surface area contributed by atoms with Crippen molar-refractivity contribution in [2.24, 2.45) is 0 Å². The average Bonchev–Trinajstić information content (AvgIpc) is 2.29. The first kappa shape index (κ1) is 13.7. The summed E-state index contributed by atoms with van der Waals surface area (Å²) in [5.41, 5.74) is 1.44. The predicted molar refractivity (Wildman–Crippen MR) is 66.7 cm³/mol. The van der Waals surface area contributed by atoms with Crippen LogP contribution < -0.4 is 4.90 Å². The van der Waals surface area contributed by atoms with Crippen LogP contribution in [0.2, 0.25) is 0 Å². The molecule has 0 spiro atoms. The molecule has 6 heteroatoms. The number of alkyl halides is 2. The molecule has 4 nitrogen and oxygen atoms in total. The number of halogens is 2. The van der Waals surface area contributed by atoms with Crippen molar-refractivity contribution in [2.45, 2.75) is 32.1 Å². The van der Waals surface area contributed by atoms with Crippen LogP contribution in [-0.4, -0.2) is 35.1 Å². The lowest BCUT2D eigenvalue weighted by atomic mass is 10.1. The number of rotatable bonds is 3. The third kappa shape index (κ3) is 3.39. The van der Waals surface area contributed by atoms with Crippen LogP contribution >= 0.6 is 0 Å². The van der Waals surface area contributed by atoms with Crippen LogP contribution in [-0.2, 0) is 11.2 Å². The smallest absolute Gasteiger partial charge is 0.307 e. The SMILES string of the molecule is Cc1cc(CC(=O)O)cnc1N1CCC(F)(F)CC1. The number of piperidine rings is 1. The van der Waals surface area contributed by atoms with Crippen molar-refractivity contribution >= 4 is 11.8 Å². The summed E-state index contributed by atoms with van der Waals surface area (Å²) in [7, 11) is 0. The largest absolute Gasteiger partial charge is 0.481 e. The molecule has 2 heterocycles. The number of hydrogen-bond donors (Lipinski definition) is 1. The summed E-state index contributed by atoms with van der Waals surface area (Å²) in [5.74, 6) is -2.82. The molecule has 1 saturated heterocycles. The van der Waals surface area contributed by atoms with Gasteiger partial charge in [0.05, 0.1) is 6.42 Å². The van der Waals surface area contributed by atoms with Gasteiger partial charge < -0.3 is 10.0 Å². The summed E-state index contributed by atoms with van der Waals surface area (Å²) in [4.78, 5) is 16.7. The van der Waals surface area contributed by atoms with E-state index in [1.807, 2.05) is 11.8 Å². The average molecular weight is 270 g/mol. The highest BCUT2D eigenvalue weighted by Gasteiger charge is 2.34. The molecule has 1 aliphatic heterocycles. The van der Waals surface area contributed by atoms with Gasteiger partial charge in [0.15, 0.2) is 0 Å².